The summed E-state index contributed by atoms with van der Waals surface area (Å²) in [4.78, 5) is 27.2. The Kier molecular flexibility index (Phi) is 40.1. The number of rotatable bonds is 17. The number of hydrogen-bond donors (Lipinski definition) is 6. The van der Waals surface area contributed by atoms with Crippen LogP contribution < -0.4 is 18.9 Å². The van der Waals surface area contributed by atoms with E-state index in [9.17, 15) is 0 Å². The van der Waals surface area contributed by atoms with Crippen LogP contribution >= 0.6 is 0 Å². The molecular weight excluding hydrogens is 1710 g/mol. The van der Waals surface area contributed by atoms with Crippen molar-refractivity contribution in [3.8, 4) is 74.1 Å². The van der Waals surface area contributed by atoms with Crippen molar-refractivity contribution >= 4 is 0 Å². The molecule has 0 saturated heterocycles. The summed E-state index contributed by atoms with van der Waals surface area (Å²) in [6.07, 6.45) is 4.57. The van der Waals surface area contributed by atoms with Gasteiger partial charge in [0.2, 0.25) is 0 Å². The van der Waals surface area contributed by atoms with Gasteiger partial charge in [0.15, 0.2) is 5.88 Å². The number of benzene rings is 6. The molecule has 9 aromatic rings. The standard InChI is InChI=1S/C21H21N2O.C20H19N2O.C18H15N2O2.3C5H12O2.3Ir/c1-15-20(22-14-19(23-15)21(2,3)4)16-10-12-18(13-11-16)24-17-8-6-5-7-9-17;1-14(2)19-13-21-20(15(3)22-19)16-9-11-18(12-10-16)23-17-7-5-4-6-8-17;1-13-12-19-17(18(20-13)21-2)14-8-10-16(11-9-14)22-15-6-4-3-5-7-15;3*1-4(6)3-5(2)7;;;/h5-10,12-14H,1-4H3;4-9,11-14H,1-3H3;3-8,10-12H,1-2H3;3*4-7H,3H2,1-2H3;;;/q3*-1;;;;;;. The number of ether oxygens (including phenoxy) is 4. The number of nitrogens with zero attached hydrogens (tertiary/aromatic N) is 6. The zero-order chi connectivity index (χ0) is 66.3. The molecule has 0 fully saturated rings. The zero-order valence-corrected chi connectivity index (χ0v) is 62.9. The summed E-state index contributed by atoms with van der Waals surface area (Å²) >= 11 is 0. The molecule has 6 unspecified atom stereocenters. The quantitative estimate of drug-likeness (QED) is 0.0465. The van der Waals surface area contributed by atoms with Crippen molar-refractivity contribution in [3.05, 3.63) is 211 Å². The second kappa shape index (κ2) is 44.2. The van der Waals surface area contributed by atoms with Crippen molar-refractivity contribution < 1.29 is 110 Å². The number of aromatic nitrogens is 6. The maximum atomic E-state index is 8.56. The van der Waals surface area contributed by atoms with E-state index in [-0.39, 0.29) is 102 Å². The Hall–Kier alpha value is -6.53. The molecule has 0 bridgehead atoms. The molecule has 0 saturated carbocycles. The van der Waals surface area contributed by atoms with E-state index in [0.717, 1.165) is 85.3 Å². The number of aryl methyl sites for hydroxylation is 3. The molecule has 0 aliphatic heterocycles. The first-order valence-corrected chi connectivity index (χ1v) is 30.1. The van der Waals surface area contributed by atoms with Gasteiger partial charge in [-0.1, -0.05) is 89.2 Å². The molecule has 93 heavy (non-hydrogen) atoms. The zero-order valence-electron chi connectivity index (χ0n) is 55.8. The van der Waals surface area contributed by atoms with Crippen molar-refractivity contribution in [2.75, 3.05) is 7.11 Å². The molecule has 3 heterocycles. The van der Waals surface area contributed by atoms with E-state index in [1.54, 1.807) is 60.9 Å². The Morgan fingerprint density at radius 2 is 0.720 bits per heavy atom. The van der Waals surface area contributed by atoms with Gasteiger partial charge in [-0.05, 0) is 124 Å². The summed E-state index contributed by atoms with van der Waals surface area (Å²) in [5.74, 6) is 5.50. The molecule has 9 rings (SSSR count). The van der Waals surface area contributed by atoms with Gasteiger partial charge in [-0.3, -0.25) is 15.0 Å². The predicted octanol–water partition coefficient (Wildman–Crippen LogP) is 15.0. The summed E-state index contributed by atoms with van der Waals surface area (Å²) < 4.78 is 22.6. The molecule has 3 aromatic heterocycles. The Morgan fingerprint density at radius 1 is 0.398 bits per heavy atom. The van der Waals surface area contributed by atoms with E-state index in [2.05, 4.69) is 77.7 Å². The summed E-state index contributed by atoms with van der Waals surface area (Å²) in [5.41, 5.74) is 9.67. The molecule has 6 N–H and O–H groups in total. The van der Waals surface area contributed by atoms with Gasteiger partial charge in [0, 0.05) is 130 Å². The van der Waals surface area contributed by atoms with Gasteiger partial charge >= 0.3 is 0 Å². The Morgan fingerprint density at radius 3 is 0.989 bits per heavy atom. The predicted molar refractivity (Wildman–Crippen MR) is 356 cm³/mol. The third-order valence-electron chi connectivity index (χ3n) is 12.4. The molecule has 0 spiro atoms. The third-order valence-corrected chi connectivity index (χ3v) is 12.4. The number of para-hydroxylation sites is 3. The smallest absolute Gasteiger partial charge is 0.194 e. The van der Waals surface area contributed by atoms with Gasteiger partial charge in [-0.15, -0.1) is 89.5 Å². The van der Waals surface area contributed by atoms with Crippen LogP contribution in [0.5, 0.6) is 40.4 Å². The number of hydrogen-bond acceptors (Lipinski definition) is 16. The van der Waals surface area contributed by atoms with E-state index in [1.807, 2.05) is 173 Å². The van der Waals surface area contributed by atoms with E-state index in [0.29, 0.717) is 42.5 Å². The summed E-state index contributed by atoms with van der Waals surface area (Å²) in [7, 11) is 1.58. The van der Waals surface area contributed by atoms with Crippen LogP contribution in [0, 0.1) is 39.0 Å². The van der Waals surface area contributed by atoms with E-state index < -0.39 is 0 Å². The SMILES string of the molecule is CC(O)CC(C)O.CC(O)CC(C)O.CC(O)CC(C)O.COc1nc(C)cnc1-c1[c-]cc(Oc2ccccc2)cc1.Cc1nc(C(C)(C)C)cnc1-c1[c-]cc(Oc2ccccc2)cc1.Cc1nc(C(C)C)cnc1-c1[c-]cc(Oc2ccccc2)cc1.[Ir].[Ir].[Ir]. The van der Waals surface area contributed by atoms with Crippen LogP contribution in [0.3, 0.4) is 0 Å². The Balaban J connectivity index is 0.000000596. The van der Waals surface area contributed by atoms with Crippen LogP contribution in [-0.2, 0) is 65.7 Å². The first kappa shape index (κ1) is 84.5. The van der Waals surface area contributed by atoms with Crippen molar-refractivity contribution in [2.24, 2.45) is 0 Å². The molecule has 19 heteroatoms. The van der Waals surface area contributed by atoms with Gasteiger partial charge in [-0.25, -0.2) is 4.98 Å². The molecule has 6 aromatic carbocycles. The molecule has 0 amide bonds. The minimum absolute atomic E-state index is 0. The van der Waals surface area contributed by atoms with Crippen LogP contribution in [0.25, 0.3) is 33.8 Å². The van der Waals surface area contributed by atoms with Crippen molar-refractivity contribution in [2.45, 2.75) is 164 Å². The summed E-state index contributed by atoms with van der Waals surface area (Å²) in [6.45, 7) is 26.4. The second-order valence-corrected chi connectivity index (χ2v) is 23.1. The van der Waals surface area contributed by atoms with Gasteiger partial charge in [0.25, 0.3) is 0 Å². The van der Waals surface area contributed by atoms with Gasteiger partial charge in [-0.2, -0.15) is 0 Å². The largest absolute Gasteiger partial charge is 0.502 e. The van der Waals surface area contributed by atoms with Crippen molar-refractivity contribution in [1.29, 1.82) is 0 Å². The topological polar surface area (TPSA) is 236 Å². The first-order chi connectivity index (χ1) is 42.7. The minimum Gasteiger partial charge on any atom is -0.502 e. The van der Waals surface area contributed by atoms with E-state index in [4.69, 9.17) is 54.6 Å². The molecule has 0 aliphatic rings. The Labute approximate surface area is 591 Å². The normalized spacial score (nSPS) is 12.3. The number of aliphatic hydroxyl groups is 6. The van der Waals surface area contributed by atoms with Crippen LogP contribution in [0.1, 0.15) is 130 Å². The molecule has 3 radical (unpaired) electrons. The summed E-state index contributed by atoms with van der Waals surface area (Å²) in [5, 5.41) is 51.4. The fraction of sp³-hybridized carbons (Fsp3) is 0.351. The van der Waals surface area contributed by atoms with Crippen molar-refractivity contribution in [1.82, 2.24) is 29.9 Å². The van der Waals surface area contributed by atoms with Crippen LogP contribution in [0.4, 0.5) is 0 Å². The number of aliphatic hydroxyl groups excluding tert-OH is 6. The molecular formula is C74H91Ir3N6O10-3. The third kappa shape index (κ3) is 32.9. The molecule has 16 nitrogen and oxygen atoms in total. The molecule has 507 valence electrons. The average molecular weight is 1800 g/mol. The van der Waals surface area contributed by atoms with Gasteiger partial charge in [0.05, 0.1) is 60.8 Å². The average Bonchev–Trinajstić information content (AvgIpc) is 0.917. The van der Waals surface area contributed by atoms with Crippen molar-refractivity contribution in [3.63, 3.8) is 0 Å². The van der Waals surface area contributed by atoms with Crippen LogP contribution in [-0.4, -0.2) is 104 Å². The van der Waals surface area contributed by atoms with E-state index in [1.165, 1.54) is 0 Å². The monoisotopic (exact) mass is 1800 g/mol. The van der Waals surface area contributed by atoms with E-state index >= 15 is 0 Å². The van der Waals surface area contributed by atoms with Crippen LogP contribution in [0.2, 0.25) is 0 Å². The fourth-order valence-electron chi connectivity index (χ4n) is 8.15. The Bertz CT molecular complexity index is 3390. The maximum Gasteiger partial charge on any atom is 0.194 e. The molecule has 0 aliphatic carbocycles. The second-order valence-electron chi connectivity index (χ2n) is 23.1. The van der Waals surface area contributed by atoms with Gasteiger partial charge in [0.1, 0.15) is 17.2 Å². The summed E-state index contributed by atoms with van der Waals surface area (Å²) in [6, 6.07) is 55.7. The first-order valence-electron chi connectivity index (χ1n) is 30.1. The molecule has 6 atom stereocenters. The maximum absolute atomic E-state index is 8.56. The fourth-order valence-corrected chi connectivity index (χ4v) is 8.15. The van der Waals surface area contributed by atoms with Crippen LogP contribution in [0.15, 0.2) is 164 Å². The van der Waals surface area contributed by atoms with Gasteiger partial charge < -0.3 is 59.6 Å². The number of methoxy groups -OCH3 is 1. The minimum atomic E-state index is -0.375.